The minimum Gasteiger partial charge on any atom is -0.489 e. The average Bonchev–Trinajstić information content (AvgIpc) is 3.73. The summed E-state index contributed by atoms with van der Waals surface area (Å²) >= 11 is 0. The van der Waals surface area contributed by atoms with Crippen LogP contribution in [-0.2, 0) is 16.1 Å². The van der Waals surface area contributed by atoms with E-state index in [9.17, 15) is 27.2 Å². The van der Waals surface area contributed by atoms with Crippen LogP contribution >= 0.6 is 0 Å². The summed E-state index contributed by atoms with van der Waals surface area (Å²) in [6.45, 7) is -1.44. The summed E-state index contributed by atoms with van der Waals surface area (Å²) in [5, 5.41) is 2.41. The number of rotatable bonds is 13. The maximum atomic E-state index is 14.9. The number of oxazole rings is 1. The second-order valence-corrected chi connectivity index (χ2v) is 10.5. The van der Waals surface area contributed by atoms with Crippen molar-refractivity contribution in [1.82, 2.24) is 10.3 Å². The molecule has 3 aromatic carbocycles. The number of hydrogen-bond donors (Lipinski definition) is 2. The summed E-state index contributed by atoms with van der Waals surface area (Å²) in [5.41, 5.74) is 6.29. The van der Waals surface area contributed by atoms with Crippen molar-refractivity contribution in [3.05, 3.63) is 101 Å². The lowest BCUT2D eigenvalue weighted by molar-refractivity contribution is -0.147. The topological polar surface area (TPSA) is 126 Å². The van der Waals surface area contributed by atoms with Crippen LogP contribution in [0.25, 0.3) is 11.5 Å². The van der Waals surface area contributed by atoms with Gasteiger partial charge in [-0.2, -0.15) is 8.78 Å². The van der Waals surface area contributed by atoms with Gasteiger partial charge in [0.25, 0.3) is 5.91 Å². The molecule has 236 valence electrons. The molecule has 1 saturated carbocycles. The number of benzene rings is 3. The second-order valence-electron chi connectivity index (χ2n) is 10.5. The highest BCUT2D eigenvalue weighted by Gasteiger charge is 2.32. The van der Waals surface area contributed by atoms with Crippen molar-refractivity contribution in [2.45, 2.75) is 45.1 Å². The van der Waals surface area contributed by atoms with Gasteiger partial charge in [0.05, 0.1) is 12.6 Å². The maximum Gasteiger partial charge on any atom is 0.387 e. The third kappa shape index (κ3) is 7.98. The van der Waals surface area contributed by atoms with Gasteiger partial charge < -0.3 is 29.7 Å². The van der Waals surface area contributed by atoms with E-state index in [1.165, 1.54) is 25.1 Å². The van der Waals surface area contributed by atoms with E-state index in [1.807, 2.05) is 0 Å². The van der Waals surface area contributed by atoms with Gasteiger partial charge in [0, 0.05) is 17.2 Å². The fourth-order valence-electron chi connectivity index (χ4n) is 4.38. The molecule has 9 nitrogen and oxygen atoms in total. The molecule has 0 aliphatic heterocycles. The first-order valence-corrected chi connectivity index (χ1v) is 14.0. The quantitative estimate of drug-likeness (QED) is 0.132. The van der Waals surface area contributed by atoms with Crippen LogP contribution in [0.5, 0.6) is 11.5 Å². The number of halogens is 4. The van der Waals surface area contributed by atoms with E-state index >= 15 is 0 Å². The zero-order valence-corrected chi connectivity index (χ0v) is 24.0. The number of carbonyl (C=O) groups is 2. The van der Waals surface area contributed by atoms with Gasteiger partial charge in [-0.25, -0.2) is 18.6 Å². The Labute approximate surface area is 255 Å². The zero-order chi connectivity index (χ0) is 32.1. The number of esters is 1. The van der Waals surface area contributed by atoms with Gasteiger partial charge in [0.15, 0.2) is 29.0 Å². The smallest absolute Gasteiger partial charge is 0.387 e. The Bertz CT molecular complexity index is 1660. The van der Waals surface area contributed by atoms with E-state index in [1.54, 1.807) is 30.3 Å². The number of amides is 1. The van der Waals surface area contributed by atoms with E-state index in [0.717, 1.165) is 25.0 Å². The first-order chi connectivity index (χ1) is 21.6. The van der Waals surface area contributed by atoms with E-state index in [-0.39, 0.29) is 46.6 Å². The molecule has 5 rings (SSSR count). The number of nitrogens with two attached hydrogens (primary N) is 1. The summed E-state index contributed by atoms with van der Waals surface area (Å²) in [6.07, 6.45) is 1.92. The van der Waals surface area contributed by atoms with Gasteiger partial charge >= 0.3 is 12.6 Å². The van der Waals surface area contributed by atoms with Crippen molar-refractivity contribution >= 4 is 11.9 Å². The Morgan fingerprint density at radius 1 is 1.04 bits per heavy atom. The Balaban J connectivity index is 1.44. The van der Waals surface area contributed by atoms with Crippen molar-refractivity contribution in [2.75, 3.05) is 6.61 Å². The van der Waals surface area contributed by atoms with E-state index < -0.39 is 42.2 Å². The van der Waals surface area contributed by atoms with Gasteiger partial charge in [-0.3, -0.25) is 4.79 Å². The van der Waals surface area contributed by atoms with Gasteiger partial charge in [-0.15, -0.1) is 0 Å². The molecule has 4 aromatic rings. The number of aromatic nitrogens is 1. The van der Waals surface area contributed by atoms with Crippen LogP contribution in [0, 0.1) is 17.6 Å². The van der Waals surface area contributed by atoms with Crippen molar-refractivity contribution in [3.63, 3.8) is 0 Å². The Hall–Kier alpha value is -4.91. The molecule has 0 saturated heterocycles. The molecule has 0 bridgehead atoms. The summed E-state index contributed by atoms with van der Waals surface area (Å²) < 4.78 is 76.0. The summed E-state index contributed by atoms with van der Waals surface area (Å²) in [7, 11) is 0. The summed E-state index contributed by atoms with van der Waals surface area (Å²) in [6, 6.07) is 12.7. The average molecular weight is 628 g/mol. The van der Waals surface area contributed by atoms with Crippen LogP contribution in [0.4, 0.5) is 17.6 Å². The van der Waals surface area contributed by atoms with Gasteiger partial charge in [0.2, 0.25) is 5.89 Å². The fraction of sp³-hybridized carbons (Fsp3) is 0.281. The summed E-state index contributed by atoms with van der Waals surface area (Å²) in [5.74, 6) is -3.99. The maximum absolute atomic E-state index is 14.9. The molecule has 1 aliphatic carbocycles. The number of nitrogens with one attached hydrogen (secondary N) is 1. The van der Waals surface area contributed by atoms with Gasteiger partial charge in [0.1, 0.15) is 18.2 Å². The third-order valence-corrected chi connectivity index (χ3v) is 6.87. The zero-order valence-electron chi connectivity index (χ0n) is 24.0. The highest BCUT2D eigenvalue weighted by molar-refractivity contribution is 5.97. The lowest BCUT2D eigenvalue weighted by Gasteiger charge is -2.19. The molecule has 1 unspecified atom stereocenters. The summed E-state index contributed by atoms with van der Waals surface area (Å²) in [4.78, 5) is 31.0. The van der Waals surface area contributed by atoms with E-state index in [2.05, 4.69) is 15.0 Å². The lowest BCUT2D eigenvalue weighted by atomic mass is 10.1. The largest absolute Gasteiger partial charge is 0.489 e. The lowest BCUT2D eigenvalue weighted by Crippen LogP contribution is -2.36. The Morgan fingerprint density at radius 3 is 2.47 bits per heavy atom. The highest BCUT2D eigenvalue weighted by Crippen LogP contribution is 2.37. The van der Waals surface area contributed by atoms with E-state index in [0.29, 0.717) is 24.2 Å². The van der Waals surface area contributed by atoms with Crippen LogP contribution < -0.4 is 20.5 Å². The van der Waals surface area contributed by atoms with Crippen LogP contribution in [0.2, 0.25) is 0 Å². The monoisotopic (exact) mass is 627 g/mol. The first kappa shape index (κ1) is 31.5. The number of nitrogens with zero attached hydrogens (tertiary/aromatic N) is 1. The van der Waals surface area contributed by atoms with Crippen LogP contribution in [0.3, 0.4) is 0 Å². The number of ether oxygens (including phenoxy) is 3. The standard InChI is InChI=1S/C32H29F4N3O6/c1-17(37)28-27(39-30(45-28)20-9-12-24(44-32(35)36)25(13-20)42-15-19-7-8-19)29(40)38-26(22-11-10-21(33)14-23(22)34)31(41)43-16-18-5-3-2-4-6-18/h2-6,9-14,17,19,26,32H,7-8,15-16,37H2,1H3,(H,38,40)/t17-,26?/m0/s1. The molecule has 1 heterocycles. The number of hydrogen-bond acceptors (Lipinski definition) is 8. The number of alkyl halides is 2. The fourth-order valence-corrected chi connectivity index (χ4v) is 4.38. The molecule has 3 N–H and O–H groups in total. The Kier molecular flexibility index (Phi) is 9.67. The van der Waals surface area contributed by atoms with Crippen molar-refractivity contribution in [1.29, 1.82) is 0 Å². The third-order valence-electron chi connectivity index (χ3n) is 6.87. The minimum atomic E-state index is -3.08. The number of carbonyl (C=O) groups excluding carboxylic acids is 2. The predicted molar refractivity (Wildman–Crippen MR) is 152 cm³/mol. The normalized spacial score (nSPS) is 14.1. The van der Waals surface area contributed by atoms with Crippen molar-refractivity contribution in [2.24, 2.45) is 11.7 Å². The minimum absolute atomic E-state index is 0.0271. The second kappa shape index (κ2) is 13.8. The SMILES string of the molecule is C[C@H](N)c1oc(-c2ccc(OC(F)F)c(OCC3CC3)c2)nc1C(=O)NC(C(=O)OCc1ccccc1)c1ccc(F)cc1F. The van der Waals surface area contributed by atoms with Crippen LogP contribution in [0.15, 0.2) is 71.1 Å². The molecule has 2 atom stereocenters. The molecule has 1 aromatic heterocycles. The van der Waals surface area contributed by atoms with Crippen molar-refractivity contribution < 1.29 is 45.8 Å². The molecule has 1 fully saturated rings. The predicted octanol–water partition coefficient (Wildman–Crippen LogP) is 6.24. The van der Waals surface area contributed by atoms with Crippen LogP contribution in [0.1, 0.15) is 59.2 Å². The molecule has 1 aliphatic rings. The highest BCUT2D eigenvalue weighted by atomic mass is 19.3. The van der Waals surface area contributed by atoms with Crippen molar-refractivity contribution in [3.8, 4) is 23.0 Å². The first-order valence-electron chi connectivity index (χ1n) is 14.0. The van der Waals surface area contributed by atoms with E-state index in [4.69, 9.17) is 19.6 Å². The molecular formula is C32H29F4N3O6. The molecule has 45 heavy (non-hydrogen) atoms. The molecule has 0 radical (unpaired) electrons. The molecule has 13 heteroatoms. The molecular weight excluding hydrogens is 598 g/mol. The van der Waals surface area contributed by atoms with Gasteiger partial charge in [-0.1, -0.05) is 36.4 Å². The Morgan fingerprint density at radius 2 is 1.80 bits per heavy atom. The molecule has 1 amide bonds. The van der Waals surface area contributed by atoms with Crippen LogP contribution in [-0.4, -0.2) is 30.1 Å². The molecule has 0 spiro atoms. The van der Waals surface area contributed by atoms with Gasteiger partial charge in [-0.05, 0) is 55.5 Å².